The normalized spacial score (nSPS) is 8.56. The lowest BCUT2D eigenvalue weighted by atomic mass is 10.7. The standard InChI is InChI=1S/C5H8N2S.ClH/c1-6-4-5-7-2-3-8-5;/h2-3,6H,4H2,1H3;1H. The largest absolute Gasteiger partial charge is 0.314 e. The van der Waals surface area contributed by atoms with Crippen molar-refractivity contribution < 1.29 is 0 Å². The number of rotatable bonds is 2. The van der Waals surface area contributed by atoms with Gasteiger partial charge in [-0.05, 0) is 7.05 Å². The highest BCUT2D eigenvalue weighted by atomic mass is 35.5. The lowest BCUT2D eigenvalue weighted by molar-refractivity contribution is 0.810. The highest BCUT2D eigenvalue weighted by Gasteiger charge is 1.88. The Morgan fingerprint density at radius 3 is 3.00 bits per heavy atom. The van der Waals surface area contributed by atoms with Crippen molar-refractivity contribution in [2.24, 2.45) is 0 Å². The molecule has 0 aromatic carbocycles. The number of halogens is 1. The third kappa shape index (κ3) is 2.79. The lowest BCUT2D eigenvalue weighted by Crippen LogP contribution is -2.03. The summed E-state index contributed by atoms with van der Waals surface area (Å²) >= 11 is 1.67. The molecule has 9 heavy (non-hydrogen) atoms. The van der Waals surface area contributed by atoms with E-state index in [0.717, 1.165) is 11.6 Å². The van der Waals surface area contributed by atoms with Crippen LogP contribution in [0.15, 0.2) is 11.6 Å². The van der Waals surface area contributed by atoms with Crippen LogP contribution in [0.2, 0.25) is 0 Å². The molecule has 0 unspecified atom stereocenters. The predicted octanol–water partition coefficient (Wildman–Crippen LogP) is 1.28. The van der Waals surface area contributed by atoms with E-state index in [1.807, 2.05) is 18.6 Å². The van der Waals surface area contributed by atoms with Gasteiger partial charge < -0.3 is 5.32 Å². The summed E-state index contributed by atoms with van der Waals surface area (Å²) in [6.45, 7) is 0.887. The highest BCUT2D eigenvalue weighted by Crippen LogP contribution is 2.01. The van der Waals surface area contributed by atoms with E-state index in [1.54, 1.807) is 11.3 Å². The molecule has 52 valence electrons. The summed E-state index contributed by atoms with van der Waals surface area (Å²) in [5.74, 6) is 0. The molecule has 0 saturated heterocycles. The van der Waals surface area contributed by atoms with Crippen molar-refractivity contribution in [3.63, 3.8) is 0 Å². The summed E-state index contributed by atoms with van der Waals surface area (Å²) in [4.78, 5) is 4.06. The van der Waals surface area contributed by atoms with Gasteiger partial charge in [-0.1, -0.05) is 0 Å². The maximum atomic E-state index is 4.06. The predicted molar refractivity (Wildman–Crippen MR) is 42.1 cm³/mol. The lowest BCUT2D eigenvalue weighted by Gasteiger charge is -1.87. The minimum absolute atomic E-state index is 0. The minimum atomic E-state index is 0. The molecule has 1 heterocycles. The molecule has 4 heteroatoms. The van der Waals surface area contributed by atoms with E-state index in [2.05, 4.69) is 10.3 Å². The molecule has 0 aliphatic carbocycles. The van der Waals surface area contributed by atoms with Crippen molar-refractivity contribution in [2.45, 2.75) is 6.54 Å². The molecule has 0 saturated carbocycles. The van der Waals surface area contributed by atoms with Gasteiger partial charge in [0.15, 0.2) is 0 Å². The Balaban J connectivity index is 0.000000640. The van der Waals surface area contributed by atoms with Gasteiger partial charge in [0.1, 0.15) is 5.01 Å². The van der Waals surface area contributed by atoms with Crippen LogP contribution in [0.5, 0.6) is 0 Å². The summed E-state index contributed by atoms with van der Waals surface area (Å²) in [6, 6.07) is 0. The van der Waals surface area contributed by atoms with E-state index in [0.29, 0.717) is 0 Å². The molecule has 1 aromatic rings. The van der Waals surface area contributed by atoms with E-state index >= 15 is 0 Å². The summed E-state index contributed by atoms with van der Waals surface area (Å²) < 4.78 is 0. The van der Waals surface area contributed by atoms with Gasteiger partial charge in [0.25, 0.3) is 0 Å². The molecule has 0 fully saturated rings. The Hall–Kier alpha value is -0.120. The maximum absolute atomic E-state index is 4.06. The van der Waals surface area contributed by atoms with Gasteiger partial charge in [0.2, 0.25) is 0 Å². The van der Waals surface area contributed by atoms with Gasteiger partial charge in [0, 0.05) is 18.1 Å². The number of hydrogen-bond acceptors (Lipinski definition) is 3. The Bertz CT molecular complexity index is 141. The molecule has 0 atom stereocenters. The van der Waals surface area contributed by atoms with Gasteiger partial charge in [-0.2, -0.15) is 0 Å². The van der Waals surface area contributed by atoms with Gasteiger partial charge in [-0.3, -0.25) is 0 Å². The zero-order valence-electron chi connectivity index (χ0n) is 5.13. The van der Waals surface area contributed by atoms with Crippen LogP contribution in [-0.2, 0) is 6.54 Å². The molecule has 0 spiro atoms. The summed E-state index contributed by atoms with van der Waals surface area (Å²) in [5, 5.41) is 6.14. The summed E-state index contributed by atoms with van der Waals surface area (Å²) in [7, 11) is 1.92. The van der Waals surface area contributed by atoms with Crippen LogP contribution in [0.25, 0.3) is 0 Å². The molecule has 0 bridgehead atoms. The highest BCUT2D eigenvalue weighted by molar-refractivity contribution is 7.09. The van der Waals surface area contributed by atoms with Crippen LogP contribution in [0.3, 0.4) is 0 Å². The van der Waals surface area contributed by atoms with Crippen LogP contribution >= 0.6 is 23.7 Å². The van der Waals surface area contributed by atoms with Crippen molar-refractivity contribution in [2.75, 3.05) is 7.05 Å². The van der Waals surface area contributed by atoms with Gasteiger partial charge >= 0.3 is 0 Å². The van der Waals surface area contributed by atoms with Gasteiger partial charge in [-0.15, -0.1) is 23.7 Å². The Morgan fingerprint density at radius 1 is 1.78 bits per heavy atom. The average molecular weight is 165 g/mol. The first-order chi connectivity index (χ1) is 3.93. The maximum Gasteiger partial charge on any atom is 0.106 e. The molecular formula is C5H9ClN2S. The van der Waals surface area contributed by atoms with Crippen molar-refractivity contribution in [1.82, 2.24) is 10.3 Å². The smallest absolute Gasteiger partial charge is 0.106 e. The van der Waals surface area contributed by atoms with E-state index < -0.39 is 0 Å². The van der Waals surface area contributed by atoms with Gasteiger partial charge in [0.05, 0.1) is 0 Å². The topological polar surface area (TPSA) is 24.9 Å². The molecule has 1 aromatic heterocycles. The molecule has 0 aliphatic rings. The molecule has 0 radical (unpaired) electrons. The first-order valence-corrected chi connectivity index (χ1v) is 3.34. The SMILES string of the molecule is CNCc1nccs1.Cl. The van der Waals surface area contributed by atoms with Crippen LogP contribution < -0.4 is 5.32 Å². The zero-order chi connectivity index (χ0) is 5.82. The number of hydrogen-bond donors (Lipinski definition) is 1. The van der Waals surface area contributed by atoms with Gasteiger partial charge in [-0.25, -0.2) is 4.98 Å². The minimum Gasteiger partial charge on any atom is -0.314 e. The van der Waals surface area contributed by atoms with Crippen LogP contribution in [0.4, 0.5) is 0 Å². The van der Waals surface area contributed by atoms with Crippen LogP contribution in [0, 0.1) is 0 Å². The molecular weight excluding hydrogens is 156 g/mol. The Morgan fingerprint density at radius 2 is 2.56 bits per heavy atom. The number of nitrogens with zero attached hydrogens (tertiary/aromatic N) is 1. The first-order valence-electron chi connectivity index (χ1n) is 2.46. The summed E-state index contributed by atoms with van der Waals surface area (Å²) in [6.07, 6.45) is 1.82. The molecule has 0 aliphatic heterocycles. The van der Waals surface area contributed by atoms with Crippen molar-refractivity contribution in [1.29, 1.82) is 0 Å². The second kappa shape index (κ2) is 4.73. The fourth-order valence-corrected chi connectivity index (χ4v) is 1.12. The van der Waals surface area contributed by atoms with E-state index in [1.165, 1.54) is 0 Å². The molecule has 1 rings (SSSR count). The Kier molecular flexibility index (Phi) is 4.67. The van der Waals surface area contributed by atoms with Crippen molar-refractivity contribution in [3.8, 4) is 0 Å². The quantitative estimate of drug-likeness (QED) is 0.713. The monoisotopic (exact) mass is 164 g/mol. The van der Waals surface area contributed by atoms with Crippen molar-refractivity contribution >= 4 is 23.7 Å². The second-order valence-corrected chi connectivity index (χ2v) is 2.44. The van der Waals surface area contributed by atoms with E-state index in [9.17, 15) is 0 Å². The first kappa shape index (κ1) is 8.88. The molecule has 1 N–H and O–H groups in total. The Labute approximate surface area is 64.7 Å². The fourth-order valence-electron chi connectivity index (χ4n) is 0.491. The van der Waals surface area contributed by atoms with Crippen LogP contribution in [-0.4, -0.2) is 12.0 Å². The number of aromatic nitrogens is 1. The third-order valence-corrected chi connectivity index (χ3v) is 1.59. The zero-order valence-corrected chi connectivity index (χ0v) is 6.76. The number of thiazole rings is 1. The molecule has 0 amide bonds. The van der Waals surface area contributed by atoms with Crippen LogP contribution in [0.1, 0.15) is 5.01 Å². The van der Waals surface area contributed by atoms with Crippen molar-refractivity contribution in [3.05, 3.63) is 16.6 Å². The average Bonchev–Trinajstić information content (AvgIpc) is 2.19. The van der Waals surface area contributed by atoms with E-state index in [4.69, 9.17) is 0 Å². The van der Waals surface area contributed by atoms with E-state index in [-0.39, 0.29) is 12.4 Å². The third-order valence-electron chi connectivity index (χ3n) is 0.811. The summed E-state index contributed by atoms with van der Waals surface area (Å²) in [5.41, 5.74) is 0. The fraction of sp³-hybridized carbons (Fsp3) is 0.400. The number of nitrogens with one attached hydrogen (secondary N) is 1. The molecule has 2 nitrogen and oxygen atoms in total. The second-order valence-electron chi connectivity index (χ2n) is 1.46.